The number of aromatic nitrogens is 2. The Bertz CT molecular complexity index is 856. The summed E-state index contributed by atoms with van der Waals surface area (Å²) in [6, 6.07) is 13.5. The molecule has 0 aliphatic heterocycles. The minimum atomic E-state index is 0.620. The molecule has 0 aliphatic carbocycles. The second kappa shape index (κ2) is 4.66. The van der Waals surface area contributed by atoms with Crippen molar-refractivity contribution in [2.75, 3.05) is 0 Å². The Morgan fingerprint density at radius 1 is 1.20 bits per heavy atom. The zero-order valence-corrected chi connectivity index (χ0v) is 11.9. The predicted molar refractivity (Wildman–Crippen MR) is 80.6 cm³/mol. The number of fused-ring (bicyclic) bond motifs is 1. The van der Waals surface area contributed by atoms with Gasteiger partial charge in [-0.15, -0.1) is 0 Å². The van der Waals surface area contributed by atoms with Gasteiger partial charge in [0.2, 0.25) is 0 Å². The molecule has 2 aromatic carbocycles. The van der Waals surface area contributed by atoms with Crippen LogP contribution in [0.3, 0.4) is 0 Å². The first-order chi connectivity index (χ1) is 9.60. The molecule has 20 heavy (non-hydrogen) atoms. The Balaban J connectivity index is 2.26. The van der Waals surface area contributed by atoms with E-state index in [1.807, 2.05) is 54.9 Å². The fourth-order valence-electron chi connectivity index (χ4n) is 2.39. The van der Waals surface area contributed by atoms with Gasteiger partial charge in [-0.05, 0) is 48.9 Å². The van der Waals surface area contributed by atoms with Gasteiger partial charge in [0.25, 0.3) is 0 Å². The molecule has 0 unspecified atom stereocenters. The summed E-state index contributed by atoms with van der Waals surface area (Å²) in [6.07, 6.45) is 0. The topological polar surface area (TPSA) is 41.6 Å². The quantitative estimate of drug-likeness (QED) is 0.674. The molecular weight excluding hydrogens is 270 g/mol. The van der Waals surface area contributed by atoms with Gasteiger partial charge >= 0.3 is 0 Å². The average molecular weight is 282 g/mol. The van der Waals surface area contributed by atoms with Gasteiger partial charge in [-0.25, -0.2) is 4.98 Å². The van der Waals surface area contributed by atoms with Crippen LogP contribution in [0.5, 0.6) is 0 Å². The maximum Gasteiger partial charge on any atom is 0.141 e. The highest BCUT2D eigenvalue weighted by Gasteiger charge is 2.12. The molecule has 0 spiro atoms. The summed E-state index contributed by atoms with van der Waals surface area (Å²) in [5.41, 5.74) is 4.59. The van der Waals surface area contributed by atoms with E-state index in [-0.39, 0.29) is 0 Å². The smallest absolute Gasteiger partial charge is 0.141 e. The summed E-state index contributed by atoms with van der Waals surface area (Å²) in [6.45, 7) is 2.02. The van der Waals surface area contributed by atoms with Crippen molar-refractivity contribution in [3.63, 3.8) is 0 Å². The lowest BCUT2D eigenvalue weighted by atomic mass is 10.1. The van der Waals surface area contributed by atoms with E-state index in [1.165, 1.54) is 0 Å². The number of rotatable bonds is 1. The number of benzene rings is 2. The molecule has 0 amide bonds. The van der Waals surface area contributed by atoms with Crippen LogP contribution in [-0.2, 0) is 7.05 Å². The van der Waals surface area contributed by atoms with Gasteiger partial charge in [0, 0.05) is 17.6 Å². The van der Waals surface area contributed by atoms with Gasteiger partial charge in [-0.1, -0.05) is 11.6 Å². The molecule has 3 rings (SSSR count). The summed E-state index contributed by atoms with van der Waals surface area (Å²) in [7, 11) is 1.98. The van der Waals surface area contributed by atoms with Crippen molar-refractivity contribution in [3.05, 3.63) is 52.5 Å². The van der Waals surface area contributed by atoms with Crippen molar-refractivity contribution < 1.29 is 0 Å². The number of imidazole rings is 1. The maximum absolute atomic E-state index is 8.97. The third-order valence-electron chi connectivity index (χ3n) is 3.44. The van der Waals surface area contributed by atoms with Crippen molar-refractivity contribution in [1.29, 1.82) is 5.26 Å². The number of hydrogen-bond acceptors (Lipinski definition) is 2. The van der Waals surface area contributed by atoms with Gasteiger partial charge in [-0.2, -0.15) is 5.26 Å². The lowest BCUT2D eigenvalue weighted by Gasteiger charge is -2.06. The van der Waals surface area contributed by atoms with Crippen molar-refractivity contribution in [1.82, 2.24) is 9.55 Å². The Labute approximate surface area is 122 Å². The normalized spacial score (nSPS) is 10.7. The maximum atomic E-state index is 8.97. The average Bonchev–Trinajstić information content (AvgIpc) is 2.75. The highest BCUT2D eigenvalue weighted by Crippen LogP contribution is 2.28. The van der Waals surface area contributed by atoms with Crippen LogP contribution in [-0.4, -0.2) is 9.55 Å². The minimum absolute atomic E-state index is 0.620. The number of halogens is 1. The molecule has 1 aromatic heterocycles. The number of nitrogens with zero attached hydrogens (tertiary/aromatic N) is 3. The third kappa shape index (κ3) is 1.95. The summed E-state index contributed by atoms with van der Waals surface area (Å²) in [5.74, 6) is 0.879. The molecule has 0 saturated carbocycles. The van der Waals surface area contributed by atoms with Crippen LogP contribution in [0.4, 0.5) is 0 Å². The SMILES string of the molecule is Cc1cc(Cl)ccc1-c1nc2cc(C#N)ccc2n1C. The van der Waals surface area contributed by atoms with Gasteiger partial charge < -0.3 is 4.57 Å². The molecule has 0 bridgehead atoms. The van der Waals surface area contributed by atoms with Gasteiger partial charge in [0.15, 0.2) is 0 Å². The third-order valence-corrected chi connectivity index (χ3v) is 3.67. The molecule has 0 atom stereocenters. The van der Waals surface area contributed by atoms with E-state index < -0.39 is 0 Å². The summed E-state index contributed by atoms with van der Waals surface area (Å²) in [5, 5.41) is 9.68. The highest BCUT2D eigenvalue weighted by atomic mass is 35.5. The number of aryl methyl sites for hydroxylation is 2. The fraction of sp³-hybridized carbons (Fsp3) is 0.125. The first kappa shape index (κ1) is 12.7. The van der Waals surface area contributed by atoms with E-state index in [4.69, 9.17) is 16.9 Å². The van der Waals surface area contributed by atoms with Gasteiger partial charge in [-0.3, -0.25) is 0 Å². The van der Waals surface area contributed by atoms with E-state index in [0.29, 0.717) is 5.56 Å². The Morgan fingerprint density at radius 3 is 2.70 bits per heavy atom. The lowest BCUT2D eigenvalue weighted by Crippen LogP contribution is -1.94. The number of nitriles is 1. The Morgan fingerprint density at radius 2 is 2.00 bits per heavy atom. The van der Waals surface area contributed by atoms with Crippen LogP contribution in [0, 0.1) is 18.3 Å². The van der Waals surface area contributed by atoms with E-state index in [0.717, 1.165) is 33.0 Å². The molecule has 3 aromatic rings. The monoisotopic (exact) mass is 281 g/mol. The van der Waals surface area contributed by atoms with E-state index in [2.05, 4.69) is 11.1 Å². The minimum Gasteiger partial charge on any atom is -0.327 e. The fourth-order valence-corrected chi connectivity index (χ4v) is 2.61. The zero-order chi connectivity index (χ0) is 14.3. The van der Waals surface area contributed by atoms with Crippen molar-refractivity contribution in [2.45, 2.75) is 6.92 Å². The van der Waals surface area contributed by atoms with Crippen LogP contribution in [0.1, 0.15) is 11.1 Å². The molecule has 0 N–H and O–H groups in total. The predicted octanol–water partition coefficient (Wildman–Crippen LogP) is 4.07. The molecular formula is C16H12ClN3. The van der Waals surface area contributed by atoms with E-state index in [1.54, 1.807) is 0 Å². The molecule has 0 aliphatic rings. The van der Waals surface area contributed by atoms with E-state index in [9.17, 15) is 0 Å². The van der Waals surface area contributed by atoms with Crippen LogP contribution in [0.2, 0.25) is 5.02 Å². The van der Waals surface area contributed by atoms with Crippen LogP contribution < -0.4 is 0 Å². The highest BCUT2D eigenvalue weighted by molar-refractivity contribution is 6.30. The summed E-state index contributed by atoms with van der Waals surface area (Å²) in [4.78, 5) is 4.65. The lowest BCUT2D eigenvalue weighted by molar-refractivity contribution is 0.957. The van der Waals surface area contributed by atoms with Crippen LogP contribution >= 0.6 is 11.6 Å². The second-order valence-corrected chi connectivity index (χ2v) is 5.21. The van der Waals surface area contributed by atoms with Crippen molar-refractivity contribution in [2.24, 2.45) is 7.05 Å². The first-order valence-electron chi connectivity index (χ1n) is 6.23. The molecule has 3 nitrogen and oxygen atoms in total. The Kier molecular flexibility index (Phi) is 2.96. The van der Waals surface area contributed by atoms with Crippen molar-refractivity contribution in [3.8, 4) is 17.5 Å². The largest absolute Gasteiger partial charge is 0.327 e. The molecule has 0 saturated heterocycles. The first-order valence-corrected chi connectivity index (χ1v) is 6.61. The molecule has 4 heteroatoms. The molecule has 0 radical (unpaired) electrons. The summed E-state index contributed by atoms with van der Waals surface area (Å²) < 4.78 is 2.03. The molecule has 0 fully saturated rings. The summed E-state index contributed by atoms with van der Waals surface area (Å²) >= 11 is 6.00. The standard InChI is InChI=1S/C16H12ClN3/c1-10-7-12(17)4-5-13(10)16-19-14-8-11(9-18)3-6-15(14)20(16)2/h3-8H,1-2H3. The van der Waals surface area contributed by atoms with Crippen LogP contribution in [0.15, 0.2) is 36.4 Å². The second-order valence-electron chi connectivity index (χ2n) is 4.77. The van der Waals surface area contributed by atoms with Gasteiger partial charge in [0.05, 0.1) is 22.7 Å². The number of hydrogen-bond donors (Lipinski definition) is 0. The van der Waals surface area contributed by atoms with Crippen molar-refractivity contribution >= 4 is 22.6 Å². The molecule has 1 heterocycles. The molecule has 98 valence electrons. The van der Waals surface area contributed by atoms with Gasteiger partial charge in [0.1, 0.15) is 5.82 Å². The van der Waals surface area contributed by atoms with E-state index >= 15 is 0 Å². The Hall–Kier alpha value is -2.31. The van der Waals surface area contributed by atoms with Crippen LogP contribution in [0.25, 0.3) is 22.4 Å². The zero-order valence-electron chi connectivity index (χ0n) is 11.2.